The topological polar surface area (TPSA) is 65.8 Å². The SMILES string of the molecule is Nc1cc(Cl)c(-n2ncc3c2ccc(=O)n3C2CCCC2)c(Cl)c1. The molecule has 0 aliphatic heterocycles. The molecule has 124 valence electrons. The maximum absolute atomic E-state index is 12.4. The quantitative estimate of drug-likeness (QED) is 0.695. The number of nitrogen functional groups attached to an aromatic ring is 1. The zero-order chi connectivity index (χ0) is 16.8. The first kappa shape index (κ1) is 15.5. The zero-order valence-electron chi connectivity index (χ0n) is 12.9. The maximum Gasteiger partial charge on any atom is 0.251 e. The Kier molecular flexibility index (Phi) is 3.77. The van der Waals surface area contributed by atoms with Gasteiger partial charge in [0, 0.05) is 17.8 Å². The third-order valence-corrected chi connectivity index (χ3v) is 5.18. The molecule has 0 amide bonds. The molecule has 7 heteroatoms. The van der Waals surface area contributed by atoms with Crippen LogP contribution in [0.1, 0.15) is 31.7 Å². The molecule has 2 N–H and O–H groups in total. The summed E-state index contributed by atoms with van der Waals surface area (Å²) in [6.07, 6.45) is 6.05. The number of nitrogens with zero attached hydrogens (tertiary/aromatic N) is 3. The summed E-state index contributed by atoms with van der Waals surface area (Å²) in [5.74, 6) is 0. The minimum Gasteiger partial charge on any atom is -0.399 e. The van der Waals surface area contributed by atoms with E-state index in [1.54, 1.807) is 35.1 Å². The second kappa shape index (κ2) is 5.83. The third-order valence-electron chi connectivity index (χ3n) is 4.61. The molecule has 24 heavy (non-hydrogen) atoms. The lowest BCUT2D eigenvalue weighted by molar-refractivity contribution is 0.519. The van der Waals surface area contributed by atoms with Gasteiger partial charge in [0.05, 0.1) is 27.3 Å². The molecule has 1 aliphatic rings. The molecule has 2 heterocycles. The van der Waals surface area contributed by atoms with Crippen molar-refractivity contribution in [3.63, 3.8) is 0 Å². The smallest absolute Gasteiger partial charge is 0.251 e. The number of benzene rings is 1. The van der Waals surface area contributed by atoms with Gasteiger partial charge in [0.25, 0.3) is 5.56 Å². The van der Waals surface area contributed by atoms with Gasteiger partial charge in [-0.2, -0.15) is 5.10 Å². The number of hydrogen-bond donors (Lipinski definition) is 1. The molecule has 0 spiro atoms. The molecule has 2 aromatic heterocycles. The van der Waals surface area contributed by atoms with Crippen molar-refractivity contribution >= 4 is 39.9 Å². The predicted molar refractivity (Wildman–Crippen MR) is 97.3 cm³/mol. The van der Waals surface area contributed by atoms with Gasteiger partial charge >= 0.3 is 0 Å². The van der Waals surface area contributed by atoms with Gasteiger partial charge in [0.1, 0.15) is 5.69 Å². The fourth-order valence-corrected chi connectivity index (χ4v) is 4.21. The summed E-state index contributed by atoms with van der Waals surface area (Å²) >= 11 is 12.7. The lowest BCUT2D eigenvalue weighted by atomic mass is 10.2. The summed E-state index contributed by atoms with van der Waals surface area (Å²) in [7, 11) is 0. The molecule has 0 saturated heterocycles. The summed E-state index contributed by atoms with van der Waals surface area (Å²) in [6, 6.07) is 6.86. The van der Waals surface area contributed by atoms with Crippen LogP contribution in [0, 0.1) is 0 Å². The average Bonchev–Trinajstić information content (AvgIpc) is 3.16. The molecule has 3 aromatic rings. The number of fused-ring (bicyclic) bond motifs is 1. The van der Waals surface area contributed by atoms with E-state index in [0.29, 0.717) is 21.4 Å². The van der Waals surface area contributed by atoms with Gasteiger partial charge in [-0.05, 0) is 31.0 Å². The summed E-state index contributed by atoms with van der Waals surface area (Å²) in [5.41, 5.74) is 8.45. The van der Waals surface area contributed by atoms with Crippen molar-refractivity contribution in [3.8, 4) is 5.69 Å². The Hall–Kier alpha value is -1.98. The van der Waals surface area contributed by atoms with E-state index in [2.05, 4.69) is 5.10 Å². The van der Waals surface area contributed by atoms with Crippen molar-refractivity contribution in [3.05, 3.63) is 50.9 Å². The molecular weight excluding hydrogens is 347 g/mol. The van der Waals surface area contributed by atoms with Crippen LogP contribution in [-0.2, 0) is 0 Å². The van der Waals surface area contributed by atoms with Crippen molar-refractivity contribution in [1.29, 1.82) is 0 Å². The van der Waals surface area contributed by atoms with Crippen LogP contribution >= 0.6 is 23.2 Å². The van der Waals surface area contributed by atoms with E-state index >= 15 is 0 Å². The summed E-state index contributed by atoms with van der Waals surface area (Å²) in [4.78, 5) is 12.4. The molecule has 1 saturated carbocycles. The summed E-state index contributed by atoms with van der Waals surface area (Å²) in [5, 5.41) is 5.28. The van der Waals surface area contributed by atoms with Crippen molar-refractivity contribution in [2.24, 2.45) is 0 Å². The number of halogens is 2. The molecule has 0 bridgehead atoms. The Morgan fingerprint density at radius 2 is 1.75 bits per heavy atom. The minimum absolute atomic E-state index is 0.00319. The van der Waals surface area contributed by atoms with E-state index in [0.717, 1.165) is 36.7 Å². The molecule has 1 fully saturated rings. The van der Waals surface area contributed by atoms with E-state index in [4.69, 9.17) is 28.9 Å². The second-order valence-electron chi connectivity index (χ2n) is 6.14. The number of pyridine rings is 1. The van der Waals surface area contributed by atoms with E-state index in [1.165, 1.54) is 0 Å². The highest BCUT2D eigenvalue weighted by atomic mass is 35.5. The fourth-order valence-electron chi connectivity index (χ4n) is 3.54. The second-order valence-corrected chi connectivity index (χ2v) is 6.95. The van der Waals surface area contributed by atoms with E-state index in [9.17, 15) is 4.79 Å². The normalized spacial score (nSPS) is 15.4. The molecule has 5 nitrogen and oxygen atoms in total. The van der Waals surface area contributed by atoms with Crippen LogP contribution in [0.2, 0.25) is 10.0 Å². The summed E-state index contributed by atoms with van der Waals surface area (Å²) < 4.78 is 3.52. The average molecular weight is 363 g/mol. The third kappa shape index (κ3) is 2.39. The Balaban J connectivity index is 1.97. The summed E-state index contributed by atoms with van der Waals surface area (Å²) in [6.45, 7) is 0. The van der Waals surface area contributed by atoms with Crippen LogP contribution in [0.3, 0.4) is 0 Å². The van der Waals surface area contributed by atoms with Gasteiger partial charge < -0.3 is 10.3 Å². The number of anilines is 1. The lowest BCUT2D eigenvalue weighted by Gasteiger charge is -2.15. The van der Waals surface area contributed by atoms with Crippen molar-refractivity contribution < 1.29 is 0 Å². The first-order chi connectivity index (χ1) is 11.6. The van der Waals surface area contributed by atoms with Crippen LogP contribution in [0.25, 0.3) is 16.7 Å². The number of nitrogens with two attached hydrogens (primary N) is 1. The lowest BCUT2D eigenvalue weighted by Crippen LogP contribution is -2.22. The maximum atomic E-state index is 12.4. The Bertz CT molecular complexity index is 963. The molecule has 0 radical (unpaired) electrons. The van der Waals surface area contributed by atoms with Crippen LogP contribution < -0.4 is 11.3 Å². The van der Waals surface area contributed by atoms with Crippen LogP contribution in [-0.4, -0.2) is 14.3 Å². The van der Waals surface area contributed by atoms with E-state index in [1.807, 2.05) is 4.57 Å². The monoisotopic (exact) mass is 362 g/mol. The largest absolute Gasteiger partial charge is 0.399 e. The van der Waals surface area contributed by atoms with E-state index < -0.39 is 0 Å². The van der Waals surface area contributed by atoms with Gasteiger partial charge in [0.2, 0.25) is 0 Å². The van der Waals surface area contributed by atoms with Gasteiger partial charge in [-0.1, -0.05) is 36.0 Å². The van der Waals surface area contributed by atoms with Crippen molar-refractivity contribution in [2.45, 2.75) is 31.7 Å². The first-order valence-electron chi connectivity index (χ1n) is 7.90. The first-order valence-corrected chi connectivity index (χ1v) is 8.66. The molecular formula is C17H16Cl2N4O. The molecule has 1 aliphatic carbocycles. The fraction of sp³-hybridized carbons (Fsp3) is 0.294. The van der Waals surface area contributed by atoms with E-state index in [-0.39, 0.29) is 11.6 Å². The zero-order valence-corrected chi connectivity index (χ0v) is 14.4. The van der Waals surface area contributed by atoms with Gasteiger partial charge in [-0.15, -0.1) is 0 Å². The highest BCUT2D eigenvalue weighted by Gasteiger charge is 2.22. The molecule has 0 atom stereocenters. The Morgan fingerprint density at radius 1 is 1.08 bits per heavy atom. The van der Waals surface area contributed by atoms with Crippen molar-refractivity contribution in [2.75, 3.05) is 5.73 Å². The Labute approximate surface area is 148 Å². The van der Waals surface area contributed by atoms with Crippen LogP contribution in [0.5, 0.6) is 0 Å². The van der Waals surface area contributed by atoms with Gasteiger partial charge in [-0.25, -0.2) is 4.68 Å². The number of rotatable bonds is 2. The van der Waals surface area contributed by atoms with Gasteiger partial charge in [-0.3, -0.25) is 4.79 Å². The highest BCUT2D eigenvalue weighted by molar-refractivity contribution is 6.38. The molecule has 0 unspecified atom stereocenters. The minimum atomic E-state index is 0.00319. The van der Waals surface area contributed by atoms with Gasteiger partial charge in [0.15, 0.2) is 0 Å². The number of aromatic nitrogens is 3. The van der Waals surface area contributed by atoms with Crippen LogP contribution in [0.15, 0.2) is 35.3 Å². The number of hydrogen-bond acceptors (Lipinski definition) is 3. The van der Waals surface area contributed by atoms with Crippen LogP contribution in [0.4, 0.5) is 5.69 Å². The van der Waals surface area contributed by atoms with Crippen molar-refractivity contribution in [1.82, 2.24) is 14.3 Å². The highest BCUT2D eigenvalue weighted by Crippen LogP contribution is 2.34. The predicted octanol–water partition coefficient (Wildman–Crippen LogP) is 4.19. The Morgan fingerprint density at radius 3 is 2.42 bits per heavy atom. The molecule has 1 aromatic carbocycles. The molecule has 4 rings (SSSR count). The standard InChI is InChI=1S/C17H16Cl2N4O/c18-12-7-10(20)8-13(19)17(12)23-14-5-6-16(24)22(15(14)9-21-23)11-3-1-2-4-11/h5-9,11H,1-4,20H2.